The number of fused-ring (bicyclic) bond motifs is 1. The van der Waals surface area contributed by atoms with Crippen LogP contribution >= 0.6 is 0 Å². The molecule has 0 spiro atoms. The van der Waals surface area contributed by atoms with Crippen molar-refractivity contribution in [1.82, 2.24) is 19.7 Å². The van der Waals surface area contributed by atoms with Gasteiger partial charge in [0.2, 0.25) is 0 Å². The predicted octanol–water partition coefficient (Wildman–Crippen LogP) is 3.93. The van der Waals surface area contributed by atoms with Crippen LogP contribution in [0.1, 0.15) is 17.0 Å². The summed E-state index contributed by atoms with van der Waals surface area (Å²) < 4.78 is 7.28. The van der Waals surface area contributed by atoms with Gasteiger partial charge in [-0.3, -0.25) is 4.90 Å². The van der Waals surface area contributed by atoms with Crippen molar-refractivity contribution in [3.05, 3.63) is 71.9 Å². The summed E-state index contributed by atoms with van der Waals surface area (Å²) in [7, 11) is 0. The maximum Gasteiger partial charge on any atom is 0.138 e. The minimum atomic E-state index is 0.905. The molecule has 0 N–H and O–H groups in total. The molecule has 0 radical (unpaired) electrons. The van der Waals surface area contributed by atoms with Gasteiger partial charge in [-0.2, -0.15) is 5.10 Å². The van der Waals surface area contributed by atoms with Crippen molar-refractivity contribution in [2.45, 2.75) is 20.4 Å². The average molecular weight is 387 g/mol. The summed E-state index contributed by atoms with van der Waals surface area (Å²) in [6.07, 6.45) is 4.04. The van der Waals surface area contributed by atoms with Crippen molar-refractivity contribution in [1.29, 1.82) is 0 Å². The molecule has 1 aliphatic heterocycles. The lowest BCUT2D eigenvalue weighted by Crippen LogP contribution is -2.46. The summed E-state index contributed by atoms with van der Waals surface area (Å²) in [5.41, 5.74) is 7.04. The first-order valence-corrected chi connectivity index (χ1v) is 10.1. The number of nitrogens with zero attached hydrogens (tertiary/aromatic N) is 5. The largest absolute Gasteiger partial charge is 0.366 e. The molecule has 5 rings (SSSR count). The zero-order valence-electron chi connectivity index (χ0n) is 16.9. The van der Waals surface area contributed by atoms with E-state index in [-0.39, 0.29) is 0 Å². The van der Waals surface area contributed by atoms with Crippen LogP contribution in [0.5, 0.6) is 0 Å². The Kier molecular flexibility index (Phi) is 4.56. The van der Waals surface area contributed by atoms with Gasteiger partial charge in [0, 0.05) is 44.5 Å². The Bertz CT molecular complexity index is 1100. The monoisotopic (exact) mass is 387 g/mol. The van der Waals surface area contributed by atoms with Crippen LogP contribution < -0.4 is 4.90 Å². The van der Waals surface area contributed by atoms with E-state index in [4.69, 9.17) is 4.52 Å². The van der Waals surface area contributed by atoms with Gasteiger partial charge in [-0.25, -0.2) is 4.52 Å². The number of aryl methyl sites for hydroxylation is 2. The number of benzene rings is 1. The number of anilines is 1. The van der Waals surface area contributed by atoms with Gasteiger partial charge in [0.1, 0.15) is 5.76 Å². The first kappa shape index (κ1) is 17.9. The van der Waals surface area contributed by atoms with Gasteiger partial charge in [-0.05, 0) is 37.1 Å². The van der Waals surface area contributed by atoms with Crippen LogP contribution in [-0.2, 0) is 6.54 Å². The van der Waals surface area contributed by atoms with Crippen molar-refractivity contribution in [2.75, 3.05) is 31.1 Å². The highest BCUT2D eigenvalue weighted by Gasteiger charge is 2.22. The second-order valence-electron chi connectivity index (χ2n) is 7.71. The quantitative estimate of drug-likeness (QED) is 0.531. The van der Waals surface area contributed by atoms with E-state index < -0.39 is 0 Å². The van der Waals surface area contributed by atoms with E-state index in [1.165, 1.54) is 22.4 Å². The molecule has 29 heavy (non-hydrogen) atoms. The Balaban J connectivity index is 1.34. The summed E-state index contributed by atoms with van der Waals surface area (Å²) in [4.78, 5) is 4.92. The summed E-state index contributed by atoms with van der Waals surface area (Å²) in [6, 6.07) is 14.9. The number of aromatic nitrogens is 3. The van der Waals surface area contributed by atoms with Gasteiger partial charge in [0.05, 0.1) is 23.1 Å². The minimum absolute atomic E-state index is 0.905. The number of rotatable bonds is 4. The third-order valence-electron chi connectivity index (χ3n) is 5.88. The fourth-order valence-electron chi connectivity index (χ4n) is 4.12. The Hall–Kier alpha value is -3.12. The maximum absolute atomic E-state index is 5.31. The fourth-order valence-corrected chi connectivity index (χ4v) is 4.12. The number of hydrogen-bond donors (Lipinski definition) is 0. The molecule has 1 saturated heterocycles. The third kappa shape index (κ3) is 3.40. The minimum Gasteiger partial charge on any atom is -0.366 e. The van der Waals surface area contributed by atoms with Crippen molar-refractivity contribution in [3.8, 4) is 11.1 Å². The van der Waals surface area contributed by atoms with Gasteiger partial charge >= 0.3 is 0 Å². The summed E-state index contributed by atoms with van der Waals surface area (Å²) in [5.74, 6) is 0.931. The molecule has 0 atom stereocenters. The van der Waals surface area contributed by atoms with E-state index in [2.05, 4.69) is 62.7 Å². The van der Waals surface area contributed by atoms with Crippen LogP contribution in [0.2, 0.25) is 0 Å². The molecule has 0 amide bonds. The molecule has 4 aromatic rings. The molecular formula is C23H25N5O. The maximum atomic E-state index is 5.31. The Morgan fingerprint density at radius 1 is 0.966 bits per heavy atom. The molecule has 0 bridgehead atoms. The zero-order chi connectivity index (χ0) is 19.8. The lowest BCUT2D eigenvalue weighted by molar-refractivity contribution is 0.248. The molecule has 6 nitrogen and oxygen atoms in total. The van der Waals surface area contributed by atoms with E-state index in [1.54, 1.807) is 0 Å². The highest BCUT2D eigenvalue weighted by Crippen LogP contribution is 2.28. The van der Waals surface area contributed by atoms with Crippen molar-refractivity contribution < 1.29 is 4.52 Å². The number of hydrogen-bond acceptors (Lipinski definition) is 5. The van der Waals surface area contributed by atoms with E-state index >= 15 is 0 Å². The van der Waals surface area contributed by atoms with E-state index in [0.29, 0.717) is 0 Å². The SMILES string of the molecule is Cc1noc(C)c1CN1CCN(c2cnn3ccc(-c4ccccc4)cc23)CC1. The van der Waals surface area contributed by atoms with Crippen molar-refractivity contribution in [2.24, 2.45) is 0 Å². The van der Waals surface area contributed by atoms with Crippen LogP contribution in [0.3, 0.4) is 0 Å². The molecule has 1 aromatic carbocycles. The van der Waals surface area contributed by atoms with Crippen LogP contribution in [0, 0.1) is 13.8 Å². The molecule has 0 saturated carbocycles. The Morgan fingerprint density at radius 3 is 2.48 bits per heavy atom. The lowest BCUT2D eigenvalue weighted by Gasteiger charge is -2.35. The molecule has 0 aliphatic carbocycles. The van der Waals surface area contributed by atoms with Gasteiger partial charge in [0.15, 0.2) is 0 Å². The molecule has 3 aromatic heterocycles. The Labute approximate surface area is 170 Å². The van der Waals surface area contributed by atoms with Gasteiger partial charge in [-0.1, -0.05) is 35.5 Å². The van der Waals surface area contributed by atoms with Gasteiger partial charge in [-0.15, -0.1) is 0 Å². The topological polar surface area (TPSA) is 49.8 Å². The van der Waals surface area contributed by atoms with Crippen LogP contribution in [0.15, 0.2) is 59.4 Å². The molecule has 0 unspecified atom stereocenters. The van der Waals surface area contributed by atoms with Crippen LogP contribution in [0.25, 0.3) is 16.6 Å². The average Bonchev–Trinajstić information content (AvgIpc) is 3.33. The van der Waals surface area contributed by atoms with E-state index in [1.807, 2.05) is 30.6 Å². The molecule has 4 heterocycles. The highest BCUT2D eigenvalue weighted by atomic mass is 16.5. The molecular weight excluding hydrogens is 362 g/mol. The molecule has 1 aliphatic rings. The smallest absolute Gasteiger partial charge is 0.138 e. The van der Waals surface area contributed by atoms with Gasteiger partial charge < -0.3 is 9.42 Å². The number of piperazine rings is 1. The van der Waals surface area contributed by atoms with Crippen LogP contribution in [-0.4, -0.2) is 45.8 Å². The predicted molar refractivity (Wildman–Crippen MR) is 114 cm³/mol. The molecule has 148 valence electrons. The van der Waals surface area contributed by atoms with Crippen LogP contribution in [0.4, 0.5) is 5.69 Å². The van der Waals surface area contributed by atoms with Crippen molar-refractivity contribution in [3.63, 3.8) is 0 Å². The summed E-state index contributed by atoms with van der Waals surface area (Å²) in [5, 5.41) is 8.65. The second kappa shape index (κ2) is 7.37. The first-order chi connectivity index (χ1) is 14.2. The Morgan fingerprint density at radius 2 is 1.76 bits per heavy atom. The first-order valence-electron chi connectivity index (χ1n) is 10.1. The summed E-state index contributed by atoms with van der Waals surface area (Å²) >= 11 is 0. The van der Waals surface area contributed by atoms with E-state index in [0.717, 1.165) is 49.7 Å². The lowest BCUT2D eigenvalue weighted by atomic mass is 10.1. The van der Waals surface area contributed by atoms with E-state index in [9.17, 15) is 0 Å². The third-order valence-corrected chi connectivity index (χ3v) is 5.88. The molecule has 1 fully saturated rings. The van der Waals surface area contributed by atoms with Crippen molar-refractivity contribution >= 4 is 11.2 Å². The fraction of sp³-hybridized carbons (Fsp3) is 0.304. The van der Waals surface area contributed by atoms with Gasteiger partial charge in [0.25, 0.3) is 0 Å². The summed E-state index contributed by atoms with van der Waals surface area (Å²) in [6.45, 7) is 8.92. The normalized spacial score (nSPS) is 15.3. The number of pyridine rings is 1. The second-order valence-corrected chi connectivity index (χ2v) is 7.71. The highest BCUT2D eigenvalue weighted by molar-refractivity contribution is 5.78. The standard InChI is InChI=1S/C23H25N5O/c1-17-21(18(2)29-25-17)16-26-10-12-27(13-11-26)23-15-24-28-9-8-20(14-22(23)28)19-6-4-3-5-7-19/h3-9,14-15H,10-13,16H2,1-2H3. The molecule has 6 heteroatoms. The zero-order valence-corrected chi connectivity index (χ0v) is 16.9.